The maximum Gasteiger partial charge on any atom is 0.296 e. The molecule has 0 saturated carbocycles. The van der Waals surface area contributed by atoms with E-state index in [4.69, 9.17) is 4.74 Å². The number of amides is 1. The van der Waals surface area contributed by atoms with Gasteiger partial charge in [-0.3, -0.25) is 14.9 Å². The summed E-state index contributed by atoms with van der Waals surface area (Å²) in [5.41, 5.74) is 0.984. The number of anilines is 1. The van der Waals surface area contributed by atoms with Crippen molar-refractivity contribution >= 4 is 17.3 Å². The minimum absolute atomic E-state index is 0.138. The maximum absolute atomic E-state index is 11.0. The minimum Gasteiger partial charge on any atom is -0.493 e. The van der Waals surface area contributed by atoms with Gasteiger partial charge in [0.15, 0.2) is 0 Å². The summed E-state index contributed by atoms with van der Waals surface area (Å²) >= 11 is 0. The summed E-state index contributed by atoms with van der Waals surface area (Å²) in [4.78, 5) is 21.4. The van der Waals surface area contributed by atoms with Crippen LogP contribution in [-0.2, 0) is 11.2 Å². The Morgan fingerprint density at radius 3 is 2.94 bits per heavy atom. The first kappa shape index (κ1) is 11.4. The third kappa shape index (κ3) is 2.35. The van der Waals surface area contributed by atoms with E-state index in [9.17, 15) is 14.9 Å². The second-order valence-corrected chi connectivity index (χ2v) is 3.87. The largest absolute Gasteiger partial charge is 0.493 e. The summed E-state index contributed by atoms with van der Waals surface area (Å²) in [6, 6.07) is 2.99. The summed E-state index contributed by atoms with van der Waals surface area (Å²) in [6.07, 6.45) is 1.68. The molecule has 0 bridgehead atoms. The molecule has 1 aliphatic heterocycles. The van der Waals surface area contributed by atoms with Crippen LogP contribution in [0, 0.1) is 10.1 Å². The predicted molar refractivity (Wildman–Crippen MR) is 61.2 cm³/mol. The van der Waals surface area contributed by atoms with Gasteiger partial charge in [0, 0.05) is 6.92 Å². The lowest BCUT2D eigenvalue weighted by Gasteiger charge is -2.18. The Balaban J connectivity index is 2.47. The normalized spacial score (nSPS) is 13.5. The molecule has 0 spiro atoms. The third-order valence-corrected chi connectivity index (χ3v) is 2.53. The highest BCUT2D eigenvalue weighted by Crippen LogP contribution is 2.35. The van der Waals surface area contributed by atoms with Gasteiger partial charge in [0.25, 0.3) is 5.69 Å². The highest BCUT2D eigenvalue weighted by Gasteiger charge is 2.21. The Kier molecular flexibility index (Phi) is 2.95. The molecule has 17 heavy (non-hydrogen) atoms. The SMILES string of the molecule is CC(=O)Nc1cc2c(cc1[N+](=O)[O-])OCCC2. The number of nitrogens with one attached hydrogen (secondary N) is 1. The van der Waals surface area contributed by atoms with E-state index < -0.39 is 4.92 Å². The molecule has 1 amide bonds. The highest BCUT2D eigenvalue weighted by molar-refractivity contribution is 5.91. The van der Waals surface area contributed by atoms with Gasteiger partial charge in [-0.05, 0) is 24.5 Å². The average molecular weight is 236 g/mol. The molecule has 0 fully saturated rings. The van der Waals surface area contributed by atoms with Crippen LogP contribution in [0.2, 0.25) is 0 Å². The first-order chi connectivity index (χ1) is 8.08. The number of hydrogen-bond acceptors (Lipinski definition) is 4. The zero-order valence-corrected chi connectivity index (χ0v) is 9.36. The van der Waals surface area contributed by atoms with Crippen molar-refractivity contribution in [2.45, 2.75) is 19.8 Å². The van der Waals surface area contributed by atoms with E-state index in [1.54, 1.807) is 6.07 Å². The van der Waals surface area contributed by atoms with Crippen molar-refractivity contribution < 1.29 is 14.5 Å². The number of nitrogens with zero attached hydrogens (tertiary/aromatic N) is 1. The summed E-state index contributed by atoms with van der Waals surface area (Å²) in [7, 11) is 0. The molecular weight excluding hydrogens is 224 g/mol. The second-order valence-electron chi connectivity index (χ2n) is 3.87. The maximum atomic E-state index is 11.0. The number of fused-ring (bicyclic) bond motifs is 1. The van der Waals surface area contributed by atoms with Crippen molar-refractivity contribution in [3.63, 3.8) is 0 Å². The molecule has 0 aromatic heterocycles. The third-order valence-electron chi connectivity index (χ3n) is 2.53. The van der Waals surface area contributed by atoms with Crippen molar-refractivity contribution in [2.24, 2.45) is 0 Å². The van der Waals surface area contributed by atoms with Crippen LogP contribution in [0.15, 0.2) is 12.1 Å². The van der Waals surface area contributed by atoms with Crippen LogP contribution >= 0.6 is 0 Å². The van der Waals surface area contributed by atoms with Crippen LogP contribution in [-0.4, -0.2) is 17.4 Å². The van der Waals surface area contributed by atoms with Gasteiger partial charge >= 0.3 is 0 Å². The first-order valence-electron chi connectivity index (χ1n) is 5.29. The van der Waals surface area contributed by atoms with Gasteiger partial charge in [-0.15, -0.1) is 0 Å². The number of benzene rings is 1. The lowest BCUT2D eigenvalue weighted by atomic mass is 10.0. The Morgan fingerprint density at radius 2 is 2.29 bits per heavy atom. The number of nitro groups is 1. The van der Waals surface area contributed by atoms with Crippen molar-refractivity contribution in [2.75, 3.05) is 11.9 Å². The molecule has 1 aliphatic rings. The molecule has 2 rings (SSSR count). The average Bonchev–Trinajstić information content (AvgIpc) is 2.27. The standard InChI is InChI=1S/C11H12N2O4/c1-7(14)12-9-5-8-3-2-4-17-11(8)6-10(9)13(15)16/h5-6H,2-4H2,1H3,(H,12,14). The molecule has 1 aromatic rings. The molecular formula is C11H12N2O4. The molecule has 0 saturated heterocycles. The Hall–Kier alpha value is -2.11. The number of nitro benzene ring substituents is 1. The summed E-state index contributed by atoms with van der Waals surface area (Å²) in [5, 5.41) is 13.4. The summed E-state index contributed by atoms with van der Waals surface area (Å²) in [5.74, 6) is 0.210. The van der Waals surface area contributed by atoms with Crippen molar-refractivity contribution in [1.82, 2.24) is 0 Å². The van der Waals surface area contributed by atoms with Crippen molar-refractivity contribution in [3.8, 4) is 5.75 Å². The highest BCUT2D eigenvalue weighted by atomic mass is 16.6. The van der Waals surface area contributed by atoms with Gasteiger partial charge in [0.1, 0.15) is 11.4 Å². The number of rotatable bonds is 2. The van der Waals surface area contributed by atoms with E-state index in [2.05, 4.69) is 5.32 Å². The first-order valence-corrected chi connectivity index (χ1v) is 5.29. The number of ether oxygens (including phenoxy) is 1. The minimum atomic E-state index is -0.524. The fourth-order valence-electron chi connectivity index (χ4n) is 1.83. The monoisotopic (exact) mass is 236 g/mol. The Labute approximate surface area is 97.7 Å². The van der Waals surface area contributed by atoms with Crippen LogP contribution in [0.3, 0.4) is 0 Å². The van der Waals surface area contributed by atoms with E-state index in [0.29, 0.717) is 12.4 Å². The van der Waals surface area contributed by atoms with Crippen LogP contribution in [0.5, 0.6) is 5.75 Å². The molecule has 1 aromatic carbocycles. The Bertz CT molecular complexity index is 485. The van der Waals surface area contributed by atoms with Crippen LogP contribution in [0.25, 0.3) is 0 Å². The van der Waals surface area contributed by atoms with Crippen LogP contribution in [0.1, 0.15) is 18.9 Å². The molecule has 6 nitrogen and oxygen atoms in total. The fourth-order valence-corrected chi connectivity index (χ4v) is 1.83. The van der Waals surface area contributed by atoms with Crippen LogP contribution < -0.4 is 10.1 Å². The summed E-state index contributed by atoms with van der Waals surface area (Å²) in [6.45, 7) is 1.89. The number of aryl methyl sites for hydroxylation is 1. The van der Waals surface area contributed by atoms with Gasteiger partial charge in [-0.1, -0.05) is 0 Å². The molecule has 0 aliphatic carbocycles. The molecule has 0 radical (unpaired) electrons. The molecule has 0 unspecified atom stereocenters. The fraction of sp³-hybridized carbons (Fsp3) is 0.364. The van der Waals surface area contributed by atoms with Crippen LogP contribution in [0.4, 0.5) is 11.4 Å². The van der Waals surface area contributed by atoms with E-state index >= 15 is 0 Å². The van der Waals surface area contributed by atoms with Gasteiger partial charge in [-0.25, -0.2) is 0 Å². The van der Waals surface area contributed by atoms with Gasteiger partial charge in [0.05, 0.1) is 17.6 Å². The zero-order valence-electron chi connectivity index (χ0n) is 9.36. The van der Waals surface area contributed by atoms with Gasteiger partial charge in [-0.2, -0.15) is 0 Å². The number of carbonyl (C=O) groups excluding carboxylic acids is 1. The molecule has 6 heteroatoms. The topological polar surface area (TPSA) is 81.5 Å². The molecule has 1 N–H and O–H groups in total. The smallest absolute Gasteiger partial charge is 0.296 e. The number of carbonyl (C=O) groups is 1. The second kappa shape index (κ2) is 4.40. The molecule has 90 valence electrons. The summed E-state index contributed by atoms with van der Waals surface area (Å²) < 4.78 is 5.36. The van der Waals surface area contributed by atoms with E-state index in [1.165, 1.54) is 13.0 Å². The van der Waals surface area contributed by atoms with Gasteiger partial charge in [0.2, 0.25) is 5.91 Å². The number of hydrogen-bond donors (Lipinski definition) is 1. The lowest BCUT2D eigenvalue weighted by Crippen LogP contribution is -2.12. The van der Waals surface area contributed by atoms with Gasteiger partial charge < -0.3 is 10.1 Å². The van der Waals surface area contributed by atoms with E-state index in [1.807, 2.05) is 0 Å². The van der Waals surface area contributed by atoms with Crippen molar-refractivity contribution in [3.05, 3.63) is 27.8 Å². The van der Waals surface area contributed by atoms with E-state index in [0.717, 1.165) is 18.4 Å². The van der Waals surface area contributed by atoms with Crippen molar-refractivity contribution in [1.29, 1.82) is 0 Å². The lowest BCUT2D eigenvalue weighted by molar-refractivity contribution is -0.384. The molecule has 0 atom stereocenters. The predicted octanol–water partition coefficient (Wildman–Crippen LogP) is 1.88. The molecule has 1 heterocycles. The zero-order chi connectivity index (χ0) is 12.4. The Morgan fingerprint density at radius 1 is 1.53 bits per heavy atom. The quantitative estimate of drug-likeness (QED) is 0.627. The van der Waals surface area contributed by atoms with E-state index in [-0.39, 0.29) is 17.3 Å².